The van der Waals surface area contributed by atoms with Gasteiger partial charge in [-0.05, 0) is 6.92 Å². The van der Waals surface area contributed by atoms with Gasteiger partial charge in [-0.25, -0.2) is 8.42 Å². The molecule has 10 heteroatoms. The second-order valence-corrected chi connectivity index (χ2v) is 7.50. The van der Waals surface area contributed by atoms with Gasteiger partial charge in [0.2, 0.25) is 16.0 Å². The largest absolute Gasteiger partial charge is 0.339 e. The van der Waals surface area contributed by atoms with Crippen molar-refractivity contribution in [3.8, 4) is 0 Å². The number of aryl methyl sites for hydroxylation is 1. The van der Waals surface area contributed by atoms with Gasteiger partial charge in [-0.15, -0.1) is 0 Å². The van der Waals surface area contributed by atoms with E-state index in [-0.39, 0.29) is 11.6 Å². The molecule has 0 spiro atoms. The molecular formula is C12H18N6O3S. The number of nitrogens with one attached hydrogen (secondary N) is 1. The first kappa shape index (κ1) is 15.0. The first-order valence-electron chi connectivity index (χ1n) is 6.91. The number of rotatable bonds is 2. The van der Waals surface area contributed by atoms with E-state index < -0.39 is 10.0 Å². The van der Waals surface area contributed by atoms with Crippen molar-refractivity contribution >= 4 is 27.0 Å². The van der Waals surface area contributed by atoms with E-state index in [0.717, 1.165) is 0 Å². The maximum Gasteiger partial charge on any atom is 0.263 e. The van der Waals surface area contributed by atoms with Crippen LogP contribution in [0, 0.1) is 0 Å². The molecule has 0 unspecified atom stereocenters. The zero-order valence-electron chi connectivity index (χ0n) is 12.6. The van der Waals surface area contributed by atoms with Crippen LogP contribution in [0.5, 0.6) is 0 Å². The van der Waals surface area contributed by atoms with Gasteiger partial charge in [0.05, 0.1) is 12.5 Å². The number of piperazine rings is 1. The molecule has 1 saturated heterocycles. The van der Waals surface area contributed by atoms with Gasteiger partial charge in [-0.3, -0.25) is 14.5 Å². The second kappa shape index (κ2) is 5.06. The van der Waals surface area contributed by atoms with Crippen LogP contribution in [0.2, 0.25) is 0 Å². The molecule has 1 aliphatic heterocycles. The molecule has 3 rings (SSSR count). The Balaban J connectivity index is 1.93. The lowest BCUT2D eigenvalue weighted by atomic mass is 10.2. The molecule has 1 N–H and O–H groups in total. The molecule has 1 atom stereocenters. The fourth-order valence-corrected chi connectivity index (χ4v) is 3.93. The number of sulfonamides is 1. The lowest BCUT2D eigenvalue weighted by Gasteiger charge is -2.38. The van der Waals surface area contributed by atoms with E-state index in [1.807, 2.05) is 11.8 Å². The topological polar surface area (TPSA) is 104 Å². The van der Waals surface area contributed by atoms with Crippen LogP contribution in [0.1, 0.15) is 6.92 Å². The van der Waals surface area contributed by atoms with Gasteiger partial charge in [-0.2, -0.15) is 14.4 Å². The first-order valence-corrected chi connectivity index (χ1v) is 8.76. The lowest BCUT2D eigenvalue weighted by molar-refractivity contribution is 0.307. The molecule has 9 nitrogen and oxygen atoms in total. The Morgan fingerprint density at radius 3 is 2.73 bits per heavy atom. The average Bonchev–Trinajstić information content (AvgIpc) is 2.79. The SMILES string of the molecule is C[C@H]1CN(c2nc3c(cnn3C)c(=O)[nH]2)CCN1S(C)(=O)=O. The van der Waals surface area contributed by atoms with Crippen molar-refractivity contribution in [2.75, 3.05) is 30.8 Å². The Bertz CT molecular complexity index is 871. The van der Waals surface area contributed by atoms with E-state index in [2.05, 4.69) is 15.1 Å². The molecule has 120 valence electrons. The lowest BCUT2D eigenvalue weighted by Crippen LogP contribution is -2.54. The fraction of sp³-hybridized carbons (Fsp3) is 0.583. The van der Waals surface area contributed by atoms with Gasteiger partial charge in [0.25, 0.3) is 5.56 Å². The van der Waals surface area contributed by atoms with Gasteiger partial charge >= 0.3 is 0 Å². The number of H-pyrrole nitrogens is 1. The average molecular weight is 326 g/mol. The molecule has 0 radical (unpaired) electrons. The van der Waals surface area contributed by atoms with Crippen molar-refractivity contribution in [2.24, 2.45) is 7.05 Å². The highest BCUT2D eigenvalue weighted by atomic mass is 32.2. The molecule has 0 aliphatic carbocycles. The maximum atomic E-state index is 12.1. The highest BCUT2D eigenvalue weighted by Gasteiger charge is 2.30. The normalized spacial score (nSPS) is 20.7. The molecule has 0 aromatic carbocycles. The second-order valence-electron chi connectivity index (χ2n) is 5.56. The van der Waals surface area contributed by atoms with E-state index in [1.165, 1.54) is 16.8 Å². The third kappa shape index (κ3) is 2.48. The minimum absolute atomic E-state index is 0.184. The zero-order chi connectivity index (χ0) is 16.1. The Morgan fingerprint density at radius 1 is 1.36 bits per heavy atom. The number of anilines is 1. The molecule has 3 heterocycles. The monoisotopic (exact) mass is 326 g/mol. The summed E-state index contributed by atoms with van der Waals surface area (Å²) in [6.45, 7) is 3.16. The zero-order valence-corrected chi connectivity index (χ0v) is 13.5. The fourth-order valence-electron chi connectivity index (χ4n) is 2.80. The highest BCUT2D eigenvalue weighted by Crippen LogP contribution is 2.18. The van der Waals surface area contributed by atoms with Crippen molar-refractivity contribution in [3.05, 3.63) is 16.6 Å². The molecular weight excluding hydrogens is 308 g/mol. The third-order valence-corrected chi connectivity index (χ3v) is 5.28. The molecule has 2 aromatic heterocycles. The maximum absolute atomic E-state index is 12.1. The molecule has 0 bridgehead atoms. The number of aromatic nitrogens is 4. The van der Waals surface area contributed by atoms with Gasteiger partial charge in [-0.1, -0.05) is 0 Å². The Kier molecular flexibility index (Phi) is 3.44. The molecule has 2 aromatic rings. The van der Waals surface area contributed by atoms with Crippen LogP contribution >= 0.6 is 0 Å². The van der Waals surface area contributed by atoms with Gasteiger partial charge in [0.1, 0.15) is 5.39 Å². The minimum Gasteiger partial charge on any atom is -0.339 e. The van der Waals surface area contributed by atoms with Crippen LogP contribution in [0.3, 0.4) is 0 Å². The summed E-state index contributed by atoms with van der Waals surface area (Å²) in [7, 11) is -1.50. The van der Waals surface area contributed by atoms with Crippen LogP contribution < -0.4 is 10.5 Å². The summed E-state index contributed by atoms with van der Waals surface area (Å²) >= 11 is 0. The van der Waals surface area contributed by atoms with Crippen molar-refractivity contribution in [1.82, 2.24) is 24.1 Å². The summed E-state index contributed by atoms with van der Waals surface area (Å²) in [5.74, 6) is 0.445. The molecule has 1 fully saturated rings. The summed E-state index contributed by atoms with van der Waals surface area (Å²) in [5, 5.41) is 4.47. The van der Waals surface area contributed by atoms with Crippen molar-refractivity contribution < 1.29 is 8.42 Å². The minimum atomic E-state index is -3.22. The summed E-state index contributed by atoms with van der Waals surface area (Å²) in [6, 6.07) is -0.184. The predicted molar refractivity (Wildman–Crippen MR) is 82.4 cm³/mol. The summed E-state index contributed by atoms with van der Waals surface area (Å²) in [6.07, 6.45) is 2.69. The van der Waals surface area contributed by atoms with E-state index in [0.29, 0.717) is 36.6 Å². The number of hydrogen-bond acceptors (Lipinski definition) is 6. The number of fused-ring (bicyclic) bond motifs is 1. The molecule has 1 aliphatic rings. The summed E-state index contributed by atoms with van der Waals surface area (Å²) in [5.41, 5.74) is 0.267. The predicted octanol–water partition coefficient (Wildman–Crippen LogP) is -0.873. The summed E-state index contributed by atoms with van der Waals surface area (Å²) in [4.78, 5) is 21.2. The van der Waals surface area contributed by atoms with Crippen LogP contribution in [0.4, 0.5) is 5.95 Å². The molecule has 0 saturated carbocycles. The van der Waals surface area contributed by atoms with Gasteiger partial charge < -0.3 is 4.90 Å². The quantitative estimate of drug-likeness (QED) is 0.769. The summed E-state index contributed by atoms with van der Waals surface area (Å²) < 4.78 is 26.4. The molecule has 0 amide bonds. The van der Waals surface area contributed by atoms with Crippen LogP contribution in [0.25, 0.3) is 11.0 Å². The van der Waals surface area contributed by atoms with Crippen molar-refractivity contribution in [3.63, 3.8) is 0 Å². The number of aromatic amines is 1. The van der Waals surface area contributed by atoms with E-state index >= 15 is 0 Å². The number of hydrogen-bond donors (Lipinski definition) is 1. The van der Waals surface area contributed by atoms with E-state index in [9.17, 15) is 13.2 Å². The van der Waals surface area contributed by atoms with Gasteiger partial charge in [0, 0.05) is 32.7 Å². The van der Waals surface area contributed by atoms with Gasteiger partial charge in [0.15, 0.2) is 5.65 Å². The highest BCUT2D eigenvalue weighted by molar-refractivity contribution is 7.88. The van der Waals surface area contributed by atoms with E-state index in [1.54, 1.807) is 11.7 Å². The Labute approximate surface area is 127 Å². The van der Waals surface area contributed by atoms with Crippen LogP contribution in [-0.2, 0) is 17.1 Å². The van der Waals surface area contributed by atoms with Crippen molar-refractivity contribution in [1.29, 1.82) is 0 Å². The third-order valence-electron chi connectivity index (χ3n) is 3.88. The smallest absolute Gasteiger partial charge is 0.263 e. The van der Waals surface area contributed by atoms with Crippen LogP contribution in [-0.4, -0.2) is 64.4 Å². The van der Waals surface area contributed by atoms with Crippen molar-refractivity contribution in [2.45, 2.75) is 13.0 Å². The van der Waals surface area contributed by atoms with E-state index in [4.69, 9.17) is 0 Å². The first-order chi connectivity index (χ1) is 10.3. The Hall–Kier alpha value is -1.94. The standard InChI is InChI=1S/C12H18N6O3S/c1-8-7-17(4-5-18(8)22(3,20)21)12-14-10-9(11(19)15-12)6-13-16(10)2/h6,8H,4-5,7H2,1-3H3,(H,14,15,19)/t8-/m0/s1. The van der Waals surface area contributed by atoms with Crippen LogP contribution in [0.15, 0.2) is 11.0 Å². The number of nitrogens with zero attached hydrogens (tertiary/aromatic N) is 5. The Morgan fingerprint density at radius 2 is 2.09 bits per heavy atom. The molecule has 22 heavy (non-hydrogen) atoms.